The van der Waals surface area contributed by atoms with Gasteiger partial charge in [0, 0.05) is 29.5 Å². The van der Waals surface area contributed by atoms with Crippen molar-refractivity contribution >= 4 is 29.1 Å². The Morgan fingerprint density at radius 3 is 2.72 bits per heavy atom. The molecule has 0 saturated carbocycles. The molecule has 94 valence electrons. The maximum Gasteiger partial charge on any atom is 0.224 e. The zero-order valence-electron chi connectivity index (χ0n) is 10.6. The van der Waals surface area contributed by atoms with Gasteiger partial charge >= 0.3 is 0 Å². The molecule has 0 radical (unpaired) electrons. The summed E-state index contributed by atoms with van der Waals surface area (Å²) in [4.78, 5) is 8.53. The molecule has 2 rings (SSSR count). The quantitative estimate of drug-likeness (QED) is 0.888. The van der Waals surface area contributed by atoms with Crippen molar-refractivity contribution in [2.24, 2.45) is 0 Å². The van der Waals surface area contributed by atoms with Crippen molar-refractivity contribution in [3.63, 3.8) is 0 Å². The van der Waals surface area contributed by atoms with Gasteiger partial charge in [0.05, 0.1) is 0 Å². The highest BCUT2D eigenvalue weighted by Gasteiger charge is 2.06. The number of nitrogens with one attached hydrogen (secondary N) is 2. The number of benzene rings is 1. The molecule has 0 bridgehead atoms. The number of halogens is 1. The summed E-state index contributed by atoms with van der Waals surface area (Å²) in [5.74, 6) is 1.36. The van der Waals surface area contributed by atoms with Gasteiger partial charge in [0.25, 0.3) is 0 Å². The second kappa shape index (κ2) is 5.23. The summed E-state index contributed by atoms with van der Waals surface area (Å²) in [7, 11) is 1.79. The first-order valence-corrected chi connectivity index (χ1v) is 6.03. The first kappa shape index (κ1) is 12.6. The van der Waals surface area contributed by atoms with E-state index in [0.717, 1.165) is 27.7 Å². The molecule has 2 N–H and O–H groups in total. The van der Waals surface area contributed by atoms with E-state index in [0.29, 0.717) is 5.95 Å². The molecule has 1 heterocycles. The molecule has 4 nitrogen and oxygen atoms in total. The summed E-state index contributed by atoms with van der Waals surface area (Å²) in [6.45, 7) is 3.93. The van der Waals surface area contributed by atoms with E-state index in [9.17, 15) is 0 Å². The normalized spacial score (nSPS) is 10.2. The van der Waals surface area contributed by atoms with Crippen molar-refractivity contribution < 1.29 is 0 Å². The van der Waals surface area contributed by atoms with E-state index < -0.39 is 0 Å². The fourth-order valence-corrected chi connectivity index (χ4v) is 1.73. The molecule has 18 heavy (non-hydrogen) atoms. The van der Waals surface area contributed by atoms with E-state index in [1.165, 1.54) is 0 Å². The average molecular weight is 263 g/mol. The third-order valence-corrected chi connectivity index (χ3v) is 3.13. The molecule has 1 aromatic carbocycles. The average Bonchev–Trinajstić information content (AvgIpc) is 2.37. The third-order valence-electron chi connectivity index (χ3n) is 2.72. The number of hydrogen-bond acceptors (Lipinski definition) is 4. The highest BCUT2D eigenvalue weighted by atomic mass is 35.5. The molecule has 0 amide bonds. The minimum absolute atomic E-state index is 0.586. The Balaban J connectivity index is 2.36. The number of rotatable bonds is 3. The fourth-order valence-electron chi connectivity index (χ4n) is 1.56. The van der Waals surface area contributed by atoms with Gasteiger partial charge < -0.3 is 10.6 Å². The summed E-state index contributed by atoms with van der Waals surface area (Å²) in [6.07, 6.45) is 1.78. The second-order valence-corrected chi connectivity index (χ2v) is 4.42. The van der Waals surface area contributed by atoms with Gasteiger partial charge in [-0.1, -0.05) is 17.7 Å². The van der Waals surface area contributed by atoms with Gasteiger partial charge in [-0.05, 0) is 31.5 Å². The van der Waals surface area contributed by atoms with Gasteiger partial charge in [-0.2, -0.15) is 4.98 Å². The molecule has 0 unspecified atom stereocenters. The first-order chi connectivity index (χ1) is 8.61. The maximum atomic E-state index is 6.09. The molecule has 0 saturated heterocycles. The van der Waals surface area contributed by atoms with Gasteiger partial charge in [-0.3, -0.25) is 0 Å². The van der Waals surface area contributed by atoms with Gasteiger partial charge in [0.1, 0.15) is 5.82 Å². The maximum absolute atomic E-state index is 6.09. The van der Waals surface area contributed by atoms with Gasteiger partial charge in [-0.25, -0.2) is 4.98 Å². The van der Waals surface area contributed by atoms with Gasteiger partial charge in [0.15, 0.2) is 0 Å². The zero-order valence-corrected chi connectivity index (χ0v) is 11.3. The monoisotopic (exact) mass is 262 g/mol. The second-order valence-electron chi connectivity index (χ2n) is 4.01. The number of aryl methyl sites for hydroxylation is 1. The van der Waals surface area contributed by atoms with E-state index >= 15 is 0 Å². The van der Waals surface area contributed by atoms with Crippen LogP contribution in [0.2, 0.25) is 5.02 Å². The number of aromatic nitrogens is 2. The Hall–Kier alpha value is -1.81. The highest BCUT2D eigenvalue weighted by Crippen LogP contribution is 2.26. The fraction of sp³-hybridized carbons (Fsp3) is 0.231. The molecule has 0 aliphatic rings. The Kier molecular flexibility index (Phi) is 3.67. The van der Waals surface area contributed by atoms with E-state index in [-0.39, 0.29) is 0 Å². The van der Waals surface area contributed by atoms with Crippen molar-refractivity contribution in [3.05, 3.63) is 40.5 Å². The number of nitrogens with zero attached hydrogens (tertiary/aromatic N) is 2. The van der Waals surface area contributed by atoms with Crippen LogP contribution in [0.15, 0.2) is 24.4 Å². The molecule has 0 aliphatic carbocycles. The minimum Gasteiger partial charge on any atom is -0.357 e. The molecular formula is C13H15ClN4. The summed E-state index contributed by atoms with van der Waals surface area (Å²) in [5.41, 5.74) is 2.93. The zero-order chi connectivity index (χ0) is 13.1. The van der Waals surface area contributed by atoms with E-state index in [2.05, 4.69) is 20.6 Å². The predicted octanol–water partition coefficient (Wildman–Crippen LogP) is 3.53. The summed E-state index contributed by atoms with van der Waals surface area (Å²) in [6, 6.07) is 5.75. The molecule has 0 spiro atoms. The van der Waals surface area contributed by atoms with Crippen LogP contribution in [-0.2, 0) is 0 Å². The topological polar surface area (TPSA) is 49.8 Å². The van der Waals surface area contributed by atoms with Crippen LogP contribution in [0.3, 0.4) is 0 Å². The molecule has 0 aliphatic heterocycles. The Labute approximate surface area is 111 Å². The number of hydrogen-bond donors (Lipinski definition) is 2. The lowest BCUT2D eigenvalue weighted by Gasteiger charge is -2.12. The molecule has 2 aromatic rings. The van der Waals surface area contributed by atoms with Crippen molar-refractivity contribution in [2.75, 3.05) is 17.7 Å². The van der Waals surface area contributed by atoms with Crippen LogP contribution in [0.5, 0.6) is 0 Å². The van der Waals surface area contributed by atoms with E-state index in [1.807, 2.05) is 32.0 Å². The van der Waals surface area contributed by atoms with Gasteiger partial charge in [-0.15, -0.1) is 0 Å². The SMILES string of the molecule is CNc1ncc(C)c(Nc2cccc(Cl)c2C)n1. The molecule has 1 aromatic heterocycles. The smallest absolute Gasteiger partial charge is 0.224 e. The van der Waals surface area contributed by atoms with Gasteiger partial charge in [0.2, 0.25) is 5.95 Å². The van der Waals surface area contributed by atoms with Crippen molar-refractivity contribution in [2.45, 2.75) is 13.8 Å². The standard InChI is InChI=1S/C13H15ClN4/c1-8-7-16-13(15-3)18-12(8)17-11-6-4-5-10(14)9(11)2/h4-7H,1-3H3,(H2,15,16,17,18). The largest absolute Gasteiger partial charge is 0.357 e. The first-order valence-electron chi connectivity index (χ1n) is 5.65. The van der Waals surface area contributed by atoms with Crippen molar-refractivity contribution in [1.82, 2.24) is 9.97 Å². The van der Waals surface area contributed by atoms with E-state index in [4.69, 9.17) is 11.6 Å². The van der Waals surface area contributed by atoms with Crippen LogP contribution in [0.25, 0.3) is 0 Å². The molecule has 0 atom stereocenters. The third kappa shape index (κ3) is 2.54. The summed E-state index contributed by atoms with van der Waals surface area (Å²) in [5, 5.41) is 6.94. The predicted molar refractivity (Wildman–Crippen MR) is 75.8 cm³/mol. The van der Waals surface area contributed by atoms with Crippen molar-refractivity contribution in [3.8, 4) is 0 Å². The van der Waals surface area contributed by atoms with Crippen LogP contribution in [-0.4, -0.2) is 17.0 Å². The Morgan fingerprint density at radius 2 is 2.00 bits per heavy atom. The van der Waals surface area contributed by atoms with Crippen LogP contribution >= 0.6 is 11.6 Å². The molecule has 0 fully saturated rings. The lowest BCUT2D eigenvalue weighted by Crippen LogP contribution is -2.03. The Bertz CT molecular complexity index is 569. The van der Waals surface area contributed by atoms with Crippen LogP contribution in [0.1, 0.15) is 11.1 Å². The summed E-state index contributed by atoms with van der Waals surface area (Å²) < 4.78 is 0. The summed E-state index contributed by atoms with van der Waals surface area (Å²) >= 11 is 6.09. The number of anilines is 3. The van der Waals surface area contributed by atoms with Crippen LogP contribution < -0.4 is 10.6 Å². The highest BCUT2D eigenvalue weighted by molar-refractivity contribution is 6.31. The van der Waals surface area contributed by atoms with Crippen molar-refractivity contribution in [1.29, 1.82) is 0 Å². The lowest BCUT2D eigenvalue weighted by molar-refractivity contribution is 1.12. The van der Waals surface area contributed by atoms with Crippen LogP contribution in [0, 0.1) is 13.8 Å². The molecular weight excluding hydrogens is 248 g/mol. The van der Waals surface area contributed by atoms with E-state index in [1.54, 1.807) is 13.2 Å². The Morgan fingerprint density at radius 1 is 1.22 bits per heavy atom. The van der Waals surface area contributed by atoms with Crippen LogP contribution in [0.4, 0.5) is 17.5 Å². The molecule has 5 heteroatoms. The lowest BCUT2D eigenvalue weighted by atomic mass is 10.2. The minimum atomic E-state index is 0.586.